The highest BCUT2D eigenvalue weighted by atomic mass is 35.5. The van der Waals surface area contributed by atoms with E-state index >= 15 is 0 Å². The number of hydrogen-bond donors (Lipinski definition) is 0. The van der Waals surface area contributed by atoms with E-state index in [0.29, 0.717) is 10.9 Å². The van der Waals surface area contributed by atoms with Crippen LogP contribution in [-0.2, 0) is 29.1 Å². The van der Waals surface area contributed by atoms with Gasteiger partial charge in [0, 0.05) is 22.8 Å². The molecule has 0 N–H and O–H groups in total. The molecule has 1 aromatic heterocycles. The van der Waals surface area contributed by atoms with Gasteiger partial charge in [-0.1, -0.05) is 37.6 Å². The third-order valence-corrected chi connectivity index (χ3v) is 3.91. The van der Waals surface area contributed by atoms with Crippen LogP contribution in [0, 0.1) is 19.8 Å². The first-order valence-electron chi connectivity index (χ1n) is 7.79. The highest BCUT2D eigenvalue weighted by Crippen LogP contribution is 2.17. The number of esters is 1. The molecule has 0 saturated heterocycles. The van der Waals surface area contributed by atoms with E-state index in [1.807, 2.05) is 30.7 Å². The summed E-state index contributed by atoms with van der Waals surface area (Å²) in [6.07, 6.45) is 0.246. The van der Waals surface area contributed by atoms with Crippen molar-refractivity contribution in [2.45, 2.75) is 47.3 Å². The zero-order valence-electron chi connectivity index (χ0n) is 14.1. The summed E-state index contributed by atoms with van der Waals surface area (Å²) in [6, 6.07) is 7.32. The van der Waals surface area contributed by atoms with Gasteiger partial charge in [0.15, 0.2) is 0 Å². The van der Waals surface area contributed by atoms with Crippen molar-refractivity contribution >= 4 is 17.6 Å². The molecule has 2 rings (SSSR count). The molecular weight excluding hydrogens is 312 g/mol. The van der Waals surface area contributed by atoms with Crippen LogP contribution < -0.4 is 0 Å². The van der Waals surface area contributed by atoms with Crippen molar-refractivity contribution in [1.29, 1.82) is 0 Å². The lowest BCUT2D eigenvalue weighted by Crippen LogP contribution is -2.11. The number of aryl methyl sites for hydroxylation is 1. The Hall–Kier alpha value is -1.81. The number of rotatable bonds is 6. The monoisotopic (exact) mass is 334 g/mol. The minimum atomic E-state index is -0.250. The molecule has 0 radical (unpaired) electrons. The zero-order valence-corrected chi connectivity index (χ0v) is 14.9. The average molecular weight is 335 g/mol. The molecule has 124 valence electrons. The highest BCUT2D eigenvalue weighted by Gasteiger charge is 2.16. The predicted molar refractivity (Wildman–Crippen MR) is 91.5 cm³/mol. The summed E-state index contributed by atoms with van der Waals surface area (Å²) in [7, 11) is 0. The van der Waals surface area contributed by atoms with Crippen molar-refractivity contribution in [1.82, 2.24) is 9.78 Å². The lowest BCUT2D eigenvalue weighted by atomic mass is 10.1. The molecule has 0 atom stereocenters. The van der Waals surface area contributed by atoms with Crippen LogP contribution in [0.1, 0.15) is 36.4 Å². The number of carbonyl (C=O) groups is 1. The molecule has 1 aromatic carbocycles. The van der Waals surface area contributed by atoms with Gasteiger partial charge in [-0.2, -0.15) is 5.10 Å². The van der Waals surface area contributed by atoms with Crippen LogP contribution >= 0.6 is 11.6 Å². The second kappa shape index (κ2) is 7.64. The van der Waals surface area contributed by atoms with Crippen LogP contribution in [0.5, 0.6) is 0 Å². The maximum atomic E-state index is 12.1. The van der Waals surface area contributed by atoms with Gasteiger partial charge in [0.25, 0.3) is 0 Å². The van der Waals surface area contributed by atoms with E-state index in [1.54, 1.807) is 12.1 Å². The Morgan fingerprint density at radius 3 is 2.74 bits per heavy atom. The number of aromatic nitrogens is 2. The maximum Gasteiger partial charge on any atom is 0.310 e. The molecule has 0 aliphatic rings. The van der Waals surface area contributed by atoms with Gasteiger partial charge in [-0.05, 0) is 37.5 Å². The molecule has 0 unspecified atom stereocenters. The number of halogens is 1. The topological polar surface area (TPSA) is 44.1 Å². The predicted octanol–water partition coefficient (Wildman–Crippen LogP) is 4.10. The lowest BCUT2D eigenvalue weighted by Gasteiger charge is -2.08. The summed E-state index contributed by atoms with van der Waals surface area (Å²) < 4.78 is 7.32. The first kappa shape index (κ1) is 17.5. The molecule has 0 aliphatic carbocycles. The van der Waals surface area contributed by atoms with Crippen LogP contribution in [0.4, 0.5) is 0 Å². The lowest BCUT2D eigenvalue weighted by molar-refractivity contribution is -0.144. The molecular formula is C18H23ClN2O2. The molecule has 0 spiro atoms. The van der Waals surface area contributed by atoms with Gasteiger partial charge in [-0.3, -0.25) is 9.48 Å². The standard InChI is InChI=1S/C18H23ClN2O2/c1-12(2)10-21-14(4)17(13(3)20-21)9-18(22)23-11-15-6-5-7-16(19)8-15/h5-8,12H,9-11H2,1-4H3. The summed E-state index contributed by atoms with van der Waals surface area (Å²) in [5.74, 6) is 0.260. The first-order chi connectivity index (χ1) is 10.9. The second-order valence-electron chi connectivity index (χ2n) is 6.19. The van der Waals surface area contributed by atoms with Gasteiger partial charge in [0.1, 0.15) is 6.61 Å². The van der Waals surface area contributed by atoms with Crippen LogP contribution in [-0.4, -0.2) is 15.7 Å². The summed E-state index contributed by atoms with van der Waals surface area (Å²) in [5, 5.41) is 5.16. The van der Waals surface area contributed by atoms with Gasteiger partial charge in [-0.15, -0.1) is 0 Å². The van der Waals surface area contributed by atoms with E-state index in [-0.39, 0.29) is 19.0 Å². The smallest absolute Gasteiger partial charge is 0.310 e. The van der Waals surface area contributed by atoms with Crippen LogP contribution in [0.15, 0.2) is 24.3 Å². The SMILES string of the molecule is Cc1nn(CC(C)C)c(C)c1CC(=O)OCc1cccc(Cl)c1. The summed E-state index contributed by atoms with van der Waals surface area (Å²) >= 11 is 5.92. The molecule has 2 aromatic rings. The fraction of sp³-hybridized carbons (Fsp3) is 0.444. The number of nitrogens with zero attached hydrogens (tertiary/aromatic N) is 2. The molecule has 1 heterocycles. The van der Waals surface area contributed by atoms with E-state index in [1.165, 1.54) is 0 Å². The van der Waals surface area contributed by atoms with E-state index in [0.717, 1.165) is 29.1 Å². The van der Waals surface area contributed by atoms with E-state index in [4.69, 9.17) is 16.3 Å². The molecule has 0 amide bonds. The number of ether oxygens (including phenoxy) is 1. The summed E-state index contributed by atoms with van der Waals surface area (Å²) in [5.41, 5.74) is 3.77. The molecule has 5 heteroatoms. The van der Waals surface area contributed by atoms with E-state index < -0.39 is 0 Å². The Balaban J connectivity index is 1.99. The third kappa shape index (κ3) is 4.83. The van der Waals surface area contributed by atoms with Gasteiger partial charge in [-0.25, -0.2) is 0 Å². The minimum Gasteiger partial charge on any atom is -0.461 e. The normalized spacial score (nSPS) is 11.0. The van der Waals surface area contributed by atoms with Crippen LogP contribution in [0.3, 0.4) is 0 Å². The Morgan fingerprint density at radius 1 is 1.35 bits per heavy atom. The fourth-order valence-corrected chi connectivity index (χ4v) is 2.71. The Kier molecular flexibility index (Phi) is 5.83. The summed E-state index contributed by atoms with van der Waals surface area (Å²) in [4.78, 5) is 12.1. The number of hydrogen-bond acceptors (Lipinski definition) is 3. The molecule has 0 bridgehead atoms. The molecule has 0 fully saturated rings. The van der Waals surface area contributed by atoms with Gasteiger partial charge in [0.2, 0.25) is 0 Å². The molecule has 23 heavy (non-hydrogen) atoms. The third-order valence-electron chi connectivity index (χ3n) is 3.68. The van der Waals surface area contributed by atoms with Crippen molar-refractivity contribution in [2.75, 3.05) is 0 Å². The van der Waals surface area contributed by atoms with Crippen molar-refractivity contribution in [3.8, 4) is 0 Å². The zero-order chi connectivity index (χ0) is 17.0. The average Bonchev–Trinajstić information content (AvgIpc) is 2.72. The van der Waals surface area contributed by atoms with Crippen molar-refractivity contribution < 1.29 is 9.53 Å². The van der Waals surface area contributed by atoms with E-state index in [2.05, 4.69) is 18.9 Å². The quantitative estimate of drug-likeness (QED) is 0.747. The number of benzene rings is 1. The second-order valence-corrected chi connectivity index (χ2v) is 6.63. The van der Waals surface area contributed by atoms with Crippen molar-refractivity contribution in [2.24, 2.45) is 5.92 Å². The van der Waals surface area contributed by atoms with E-state index in [9.17, 15) is 4.79 Å². The Labute approximate surface area is 142 Å². The first-order valence-corrected chi connectivity index (χ1v) is 8.17. The van der Waals surface area contributed by atoms with Crippen molar-refractivity contribution in [3.05, 3.63) is 51.8 Å². The largest absolute Gasteiger partial charge is 0.461 e. The molecule has 4 nitrogen and oxygen atoms in total. The van der Waals surface area contributed by atoms with Gasteiger partial charge < -0.3 is 4.74 Å². The van der Waals surface area contributed by atoms with Crippen molar-refractivity contribution in [3.63, 3.8) is 0 Å². The highest BCUT2D eigenvalue weighted by molar-refractivity contribution is 6.30. The van der Waals surface area contributed by atoms with Gasteiger partial charge in [0.05, 0.1) is 12.1 Å². The molecule has 0 aliphatic heterocycles. The van der Waals surface area contributed by atoms with Gasteiger partial charge >= 0.3 is 5.97 Å². The summed E-state index contributed by atoms with van der Waals surface area (Å²) in [6.45, 7) is 9.32. The Bertz CT molecular complexity index is 692. The fourth-order valence-electron chi connectivity index (χ4n) is 2.50. The number of carbonyl (C=O) groups excluding carboxylic acids is 1. The van der Waals surface area contributed by atoms with Crippen LogP contribution in [0.25, 0.3) is 0 Å². The Morgan fingerprint density at radius 2 is 2.09 bits per heavy atom. The van der Waals surface area contributed by atoms with Crippen LogP contribution in [0.2, 0.25) is 5.02 Å². The minimum absolute atomic E-state index is 0.234. The maximum absolute atomic E-state index is 12.1. The molecule has 0 saturated carbocycles.